The Morgan fingerprint density at radius 2 is 2.19 bits per heavy atom. The molecule has 1 amide bonds. The van der Waals surface area contributed by atoms with E-state index in [1.807, 2.05) is 6.07 Å². The summed E-state index contributed by atoms with van der Waals surface area (Å²) >= 11 is 0. The van der Waals surface area contributed by atoms with Gasteiger partial charge in [-0.25, -0.2) is 9.18 Å². The van der Waals surface area contributed by atoms with E-state index in [2.05, 4.69) is 0 Å². The molecule has 0 spiro atoms. The van der Waals surface area contributed by atoms with Gasteiger partial charge in [-0.1, -0.05) is 6.07 Å². The van der Waals surface area contributed by atoms with Gasteiger partial charge in [-0.05, 0) is 30.7 Å². The number of carboxylic acids is 1. The molecule has 1 N–H and O–H groups in total. The van der Waals surface area contributed by atoms with Crippen molar-refractivity contribution in [2.24, 2.45) is 0 Å². The second-order valence-corrected chi connectivity index (χ2v) is 4.54. The Hall–Kier alpha value is -2.68. The van der Waals surface area contributed by atoms with E-state index in [1.54, 1.807) is 6.92 Å². The molecule has 110 valence electrons. The third-order valence-corrected chi connectivity index (χ3v) is 3.01. The summed E-state index contributed by atoms with van der Waals surface area (Å²) in [4.78, 5) is 24.0. The van der Waals surface area contributed by atoms with Crippen molar-refractivity contribution < 1.29 is 19.1 Å². The van der Waals surface area contributed by atoms with Crippen LogP contribution in [0.2, 0.25) is 0 Å². The van der Waals surface area contributed by atoms with Gasteiger partial charge in [0.1, 0.15) is 5.82 Å². The molecule has 1 unspecified atom stereocenters. The van der Waals surface area contributed by atoms with Crippen LogP contribution in [0.5, 0.6) is 0 Å². The van der Waals surface area contributed by atoms with Crippen molar-refractivity contribution in [2.75, 3.05) is 7.05 Å². The van der Waals surface area contributed by atoms with Gasteiger partial charge in [-0.3, -0.25) is 4.79 Å². The average molecular weight is 290 g/mol. The van der Waals surface area contributed by atoms with Gasteiger partial charge in [0.25, 0.3) is 5.91 Å². The summed E-state index contributed by atoms with van der Waals surface area (Å²) in [5.41, 5.74) is 0.248. The summed E-state index contributed by atoms with van der Waals surface area (Å²) in [7, 11) is 1.49. The molecule has 5 nitrogen and oxygen atoms in total. The number of benzene rings is 1. The van der Waals surface area contributed by atoms with Crippen molar-refractivity contribution in [3.8, 4) is 6.07 Å². The average Bonchev–Trinajstić information content (AvgIpc) is 2.45. The van der Waals surface area contributed by atoms with Crippen molar-refractivity contribution in [2.45, 2.75) is 19.4 Å². The molecule has 1 rings (SSSR count). The molecule has 1 aromatic rings. The predicted octanol–water partition coefficient (Wildman–Crippen LogP) is 2.30. The number of hydrogen-bond acceptors (Lipinski definition) is 3. The van der Waals surface area contributed by atoms with Crippen LogP contribution in [0, 0.1) is 17.1 Å². The molecule has 1 aromatic carbocycles. The molecule has 0 aromatic heterocycles. The van der Waals surface area contributed by atoms with E-state index in [4.69, 9.17) is 10.4 Å². The van der Waals surface area contributed by atoms with Crippen molar-refractivity contribution >= 4 is 18.0 Å². The molecule has 0 aliphatic rings. The molecule has 0 saturated heterocycles. The highest BCUT2D eigenvalue weighted by Gasteiger charge is 2.20. The summed E-state index contributed by atoms with van der Waals surface area (Å²) in [5, 5.41) is 17.2. The maximum Gasteiger partial charge on any atom is 0.328 e. The fourth-order valence-electron chi connectivity index (χ4n) is 1.64. The summed E-state index contributed by atoms with van der Waals surface area (Å²) < 4.78 is 13.8. The van der Waals surface area contributed by atoms with Crippen molar-refractivity contribution in [1.82, 2.24) is 4.90 Å². The van der Waals surface area contributed by atoms with Crippen LogP contribution < -0.4 is 0 Å². The molecule has 1 atom stereocenters. The number of nitrogens with zero attached hydrogens (tertiary/aromatic N) is 2. The maximum atomic E-state index is 13.8. The first-order valence-electron chi connectivity index (χ1n) is 6.21. The lowest BCUT2D eigenvalue weighted by atomic mass is 10.1. The van der Waals surface area contributed by atoms with E-state index in [0.717, 1.165) is 12.1 Å². The Balaban J connectivity index is 3.06. The van der Waals surface area contributed by atoms with E-state index in [1.165, 1.54) is 30.2 Å². The van der Waals surface area contributed by atoms with Crippen LogP contribution in [0.25, 0.3) is 6.08 Å². The van der Waals surface area contributed by atoms with Gasteiger partial charge in [0.05, 0.1) is 18.1 Å². The highest BCUT2D eigenvalue weighted by atomic mass is 19.1. The van der Waals surface area contributed by atoms with E-state index < -0.39 is 17.7 Å². The Morgan fingerprint density at radius 3 is 2.76 bits per heavy atom. The van der Waals surface area contributed by atoms with Gasteiger partial charge in [-0.15, -0.1) is 0 Å². The quantitative estimate of drug-likeness (QED) is 0.844. The number of carboxylic acid groups (broad SMARTS) is 1. The standard InChI is InChI=1S/C15H15FN2O3/c1-10(7-8-17)18(2)15(21)12-9-11(3-5-13(12)16)4-6-14(19)20/h3-6,9-10H,7H2,1-2H3,(H,19,20). The highest BCUT2D eigenvalue weighted by Crippen LogP contribution is 2.16. The maximum absolute atomic E-state index is 13.8. The van der Waals surface area contributed by atoms with Crippen LogP contribution in [0.1, 0.15) is 29.3 Å². The van der Waals surface area contributed by atoms with Crippen molar-refractivity contribution in [1.29, 1.82) is 5.26 Å². The first-order valence-corrected chi connectivity index (χ1v) is 6.21. The second kappa shape index (κ2) is 7.20. The van der Waals surface area contributed by atoms with E-state index in [0.29, 0.717) is 5.56 Å². The van der Waals surface area contributed by atoms with Crippen LogP contribution in [0.15, 0.2) is 24.3 Å². The Kier molecular flexibility index (Phi) is 5.61. The minimum absolute atomic E-state index is 0.141. The lowest BCUT2D eigenvalue weighted by Crippen LogP contribution is -2.35. The minimum Gasteiger partial charge on any atom is -0.478 e. The fourth-order valence-corrected chi connectivity index (χ4v) is 1.64. The van der Waals surface area contributed by atoms with E-state index in [9.17, 15) is 14.0 Å². The predicted molar refractivity (Wildman–Crippen MR) is 74.9 cm³/mol. The minimum atomic E-state index is -1.13. The van der Waals surface area contributed by atoms with Crippen LogP contribution in [-0.4, -0.2) is 35.0 Å². The lowest BCUT2D eigenvalue weighted by Gasteiger charge is -2.23. The number of hydrogen-bond donors (Lipinski definition) is 1. The van der Waals surface area contributed by atoms with Crippen molar-refractivity contribution in [3.63, 3.8) is 0 Å². The number of amides is 1. The number of aliphatic carboxylic acids is 1. The zero-order valence-corrected chi connectivity index (χ0v) is 11.7. The number of rotatable bonds is 5. The van der Waals surface area contributed by atoms with Gasteiger partial charge in [0.15, 0.2) is 0 Å². The normalized spacial score (nSPS) is 11.9. The Labute approximate surface area is 121 Å². The third-order valence-electron chi connectivity index (χ3n) is 3.01. The highest BCUT2D eigenvalue weighted by molar-refractivity contribution is 5.95. The molecule has 0 bridgehead atoms. The summed E-state index contributed by atoms with van der Waals surface area (Å²) in [6.07, 6.45) is 2.32. The molecular formula is C15H15FN2O3. The van der Waals surface area contributed by atoms with Gasteiger partial charge in [0, 0.05) is 19.2 Å². The third kappa shape index (κ3) is 4.42. The number of halogens is 1. The summed E-state index contributed by atoms with van der Waals surface area (Å²) in [5.74, 6) is -2.38. The first-order chi connectivity index (χ1) is 9.86. The number of carbonyl (C=O) groups is 2. The number of carbonyl (C=O) groups excluding carboxylic acids is 1. The molecule has 0 fully saturated rings. The first kappa shape index (κ1) is 16.4. The van der Waals surface area contributed by atoms with Gasteiger partial charge < -0.3 is 10.0 Å². The van der Waals surface area contributed by atoms with Crippen LogP contribution in [0.4, 0.5) is 4.39 Å². The van der Waals surface area contributed by atoms with Crippen molar-refractivity contribution in [3.05, 3.63) is 41.2 Å². The zero-order chi connectivity index (χ0) is 16.0. The van der Waals surface area contributed by atoms with Crippen LogP contribution in [-0.2, 0) is 4.79 Å². The molecule has 0 heterocycles. The molecule has 0 radical (unpaired) electrons. The van der Waals surface area contributed by atoms with Crippen LogP contribution in [0.3, 0.4) is 0 Å². The Bertz CT molecular complexity index is 620. The molecule has 21 heavy (non-hydrogen) atoms. The van der Waals surface area contributed by atoms with E-state index in [-0.39, 0.29) is 18.0 Å². The molecular weight excluding hydrogens is 275 g/mol. The second-order valence-electron chi connectivity index (χ2n) is 4.54. The molecule has 6 heteroatoms. The summed E-state index contributed by atoms with van der Waals surface area (Å²) in [6.45, 7) is 1.69. The number of nitriles is 1. The largest absolute Gasteiger partial charge is 0.478 e. The molecule has 0 aliphatic heterocycles. The topological polar surface area (TPSA) is 81.4 Å². The SMILES string of the molecule is CC(CC#N)N(C)C(=O)c1cc(C=CC(=O)O)ccc1F. The summed E-state index contributed by atoms with van der Waals surface area (Å²) in [6, 6.07) is 5.37. The van der Waals surface area contributed by atoms with E-state index >= 15 is 0 Å². The smallest absolute Gasteiger partial charge is 0.328 e. The van der Waals surface area contributed by atoms with Gasteiger partial charge in [0.2, 0.25) is 0 Å². The fraction of sp³-hybridized carbons (Fsp3) is 0.267. The zero-order valence-electron chi connectivity index (χ0n) is 11.7. The molecule has 0 saturated carbocycles. The Morgan fingerprint density at radius 1 is 1.52 bits per heavy atom. The van der Waals surface area contributed by atoms with Crippen LogP contribution >= 0.6 is 0 Å². The van der Waals surface area contributed by atoms with Gasteiger partial charge >= 0.3 is 5.97 Å². The monoisotopic (exact) mass is 290 g/mol. The lowest BCUT2D eigenvalue weighted by molar-refractivity contribution is -0.131. The van der Waals surface area contributed by atoms with Gasteiger partial charge in [-0.2, -0.15) is 5.26 Å². The molecule has 0 aliphatic carbocycles.